The van der Waals surface area contributed by atoms with Crippen molar-refractivity contribution >= 4 is 23.7 Å². The van der Waals surface area contributed by atoms with E-state index in [0.717, 1.165) is 0 Å². The van der Waals surface area contributed by atoms with Crippen molar-refractivity contribution in [3.05, 3.63) is 52.5 Å². The van der Waals surface area contributed by atoms with Crippen LogP contribution in [0.2, 0.25) is 5.02 Å². The van der Waals surface area contributed by atoms with Gasteiger partial charge in [0.25, 0.3) is 5.91 Å². The van der Waals surface area contributed by atoms with Crippen molar-refractivity contribution in [2.45, 2.75) is 0 Å². The molecule has 0 fully saturated rings. The number of ether oxygens (including phenoxy) is 2. The number of hydrazone groups is 1. The number of carbonyl (C=O) groups excluding carboxylic acids is 1. The molecule has 2 N–H and O–H groups in total. The minimum atomic E-state index is -0.396. The van der Waals surface area contributed by atoms with Crippen LogP contribution in [0.4, 0.5) is 0 Å². The third-order valence-electron chi connectivity index (χ3n) is 2.97. The normalized spacial score (nSPS) is 10.6. The quantitative estimate of drug-likeness (QED) is 0.651. The van der Waals surface area contributed by atoms with Gasteiger partial charge < -0.3 is 14.6 Å². The van der Waals surface area contributed by atoms with Gasteiger partial charge in [0.2, 0.25) is 0 Å². The number of phenols is 1. The number of carbonyl (C=O) groups is 1. The van der Waals surface area contributed by atoms with E-state index in [1.807, 2.05) is 0 Å². The molecule has 6 nitrogen and oxygen atoms in total. The van der Waals surface area contributed by atoms with Crippen molar-refractivity contribution in [1.29, 1.82) is 0 Å². The van der Waals surface area contributed by atoms with Crippen LogP contribution in [-0.4, -0.2) is 31.4 Å². The molecule has 0 heterocycles. The molecule has 0 unspecified atom stereocenters. The van der Waals surface area contributed by atoms with Crippen LogP contribution in [0.15, 0.2) is 41.5 Å². The summed E-state index contributed by atoms with van der Waals surface area (Å²) >= 11 is 6.09. The maximum absolute atomic E-state index is 11.9. The van der Waals surface area contributed by atoms with Crippen LogP contribution in [0.1, 0.15) is 15.9 Å². The van der Waals surface area contributed by atoms with Crippen LogP contribution >= 0.6 is 11.6 Å². The van der Waals surface area contributed by atoms with Crippen molar-refractivity contribution in [3.63, 3.8) is 0 Å². The standard InChI is InChI=1S/C16H15ClN2O4/c1-22-14-8-10(7-13(17)15(14)23-2)9-18-19-16(21)11-3-5-12(20)6-4-11/h3-9,20H,1-2H3,(H,19,21)/b18-9-. The molecule has 0 radical (unpaired) electrons. The monoisotopic (exact) mass is 334 g/mol. The second-order valence-corrected chi connectivity index (χ2v) is 4.89. The highest BCUT2D eigenvalue weighted by molar-refractivity contribution is 6.32. The van der Waals surface area contributed by atoms with Gasteiger partial charge in [-0.05, 0) is 42.0 Å². The lowest BCUT2D eigenvalue weighted by atomic mass is 10.2. The zero-order chi connectivity index (χ0) is 16.8. The number of aromatic hydroxyl groups is 1. The van der Waals surface area contributed by atoms with Gasteiger partial charge in [0.05, 0.1) is 25.5 Å². The Labute approximate surface area is 138 Å². The van der Waals surface area contributed by atoms with E-state index >= 15 is 0 Å². The fourth-order valence-corrected chi connectivity index (χ4v) is 2.15. The Morgan fingerprint density at radius 2 is 1.91 bits per heavy atom. The van der Waals surface area contributed by atoms with Gasteiger partial charge in [0, 0.05) is 5.56 Å². The van der Waals surface area contributed by atoms with Crippen molar-refractivity contribution in [1.82, 2.24) is 5.43 Å². The molecule has 0 spiro atoms. The third kappa shape index (κ3) is 4.14. The molecule has 7 heteroatoms. The molecule has 0 saturated carbocycles. The average molecular weight is 335 g/mol. The van der Waals surface area contributed by atoms with E-state index in [0.29, 0.717) is 27.6 Å². The Hall–Kier alpha value is -2.73. The molecule has 23 heavy (non-hydrogen) atoms. The second-order valence-electron chi connectivity index (χ2n) is 4.48. The molecule has 2 rings (SSSR count). The SMILES string of the molecule is COc1cc(/C=N\NC(=O)c2ccc(O)cc2)cc(Cl)c1OC. The fourth-order valence-electron chi connectivity index (χ4n) is 1.86. The zero-order valence-electron chi connectivity index (χ0n) is 12.5. The summed E-state index contributed by atoms with van der Waals surface area (Å²) < 4.78 is 10.3. The predicted molar refractivity (Wildman–Crippen MR) is 87.7 cm³/mol. The number of amides is 1. The summed E-state index contributed by atoms with van der Waals surface area (Å²) in [4.78, 5) is 11.9. The topological polar surface area (TPSA) is 80.2 Å². The number of hydrogen-bond donors (Lipinski definition) is 2. The van der Waals surface area contributed by atoms with E-state index in [1.54, 1.807) is 12.1 Å². The Balaban J connectivity index is 2.10. The smallest absolute Gasteiger partial charge is 0.271 e. The van der Waals surface area contributed by atoms with Crippen molar-refractivity contribution < 1.29 is 19.4 Å². The molecule has 1 amide bonds. The Morgan fingerprint density at radius 3 is 2.52 bits per heavy atom. The number of rotatable bonds is 5. The van der Waals surface area contributed by atoms with Gasteiger partial charge in [-0.3, -0.25) is 4.79 Å². The number of methoxy groups -OCH3 is 2. The number of benzene rings is 2. The lowest BCUT2D eigenvalue weighted by Crippen LogP contribution is -2.17. The summed E-state index contributed by atoms with van der Waals surface area (Å²) in [5.74, 6) is 0.587. The van der Waals surface area contributed by atoms with E-state index in [4.69, 9.17) is 21.1 Å². The number of nitrogens with one attached hydrogen (secondary N) is 1. The first kappa shape index (κ1) is 16.6. The van der Waals surface area contributed by atoms with E-state index in [9.17, 15) is 9.90 Å². The molecule has 0 bridgehead atoms. The summed E-state index contributed by atoms with van der Waals surface area (Å²) in [6, 6.07) is 9.15. The highest BCUT2D eigenvalue weighted by Crippen LogP contribution is 2.35. The highest BCUT2D eigenvalue weighted by atomic mass is 35.5. The molecule has 0 aliphatic carbocycles. The van der Waals surface area contributed by atoms with E-state index in [1.165, 1.54) is 44.7 Å². The van der Waals surface area contributed by atoms with Crippen LogP contribution in [0.5, 0.6) is 17.2 Å². The molecule has 120 valence electrons. The lowest BCUT2D eigenvalue weighted by Gasteiger charge is -2.09. The minimum Gasteiger partial charge on any atom is -0.508 e. The maximum atomic E-state index is 11.9. The van der Waals surface area contributed by atoms with Crippen LogP contribution in [-0.2, 0) is 0 Å². The van der Waals surface area contributed by atoms with Crippen LogP contribution in [0.3, 0.4) is 0 Å². The number of hydrogen-bond acceptors (Lipinski definition) is 5. The van der Waals surface area contributed by atoms with Gasteiger partial charge in [0.15, 0.2) is 11.5 Å². The van der Waals surface area contributed by atoms with Gasteiger partial charge in [-0.1, -0.05) is 11.6 Å². The molecule has 0 aliphatic heterocycles. The highest BCUT2D eigenvalue weighted by Gasteiger charge is 2.10. The molecule has 0 aliphatic rings. The predicted octanol–water partition coefficient (Wildman–Crippen LogP) is 2.83. The second kappa shape index (κ2) is 7.51. The minimum absolute atomic E-state index is 0.0880. The van der Waals surface area contributed by atoms with E-state index in [2.05, 4.69) is 10.5 Å². The Kier molecular flexibility index (Phi) is 5.43. The number of halogens is 1. The zero-order valence-corrected chi connectivity index (χ0v) is 13.3. The van der Waals surface area contributed by atoms with Crippen LogP contribution in [0.25, 0.3) is 0 Å². The molecule has 2 aromatic carbocycles. The van der Waals surface area contributed by atoms with E-state index in [-0.39, 0.29) is 5.75 Å². The van der Waals surface area contributed by atoms with Crippen molar-refractivity contribution in [2.75, 3.05) is 14.2 Å². The van der Waals surface area contributed by atoms with Crippen molar-refractivity contribution in [3.8, 4) is 17.2 Å². The van der Waals surface area contributed by atoms with Gasteiger partial charge in [-0.25, -0.2) is 5.43 Å². The molecule has 2 aromatic rings. The summed E-state index contributed by atoms with van der Waals surface area (Å²) in [6.07, 6.45) is 1.44. The first-order valence-corrected chi connectivity index (χ1v) is 6.97. The van der Waals surface area contributed by atoms with Crippen LogP contribution in [0, 0.1) is 0 Å². The average Bonchev–Trinajstić information content (AvgIpc) is 2.54. The summed E-state index contributed by atoms with van der Waals surface area (Å²) in [5.41, 5.74) is 3.40. The Morgan fingerprint density at radius 1 is 1.22 bits per heavy atom. The van der Waals surface area contributed by atoms with Gasteiger partial charge in [0.1, 0.15) is 5.75 Å². The number of nitrogens with zero attached hydrogens (tertiary/aromatic N) is 1. The molecule has 0 atom stereocenters. The van der Waals surface area contributed by atoms with Gasteiger partial charge >= 0.3 is 0 Å². The maximum Gasteiger partial charge on any atom is 0.271 e. The summed E-state index contributed by atoms with van der Waals surface area (Å²) in [7, 11) is 3.00. The van der Waals surface area contributed by atoms with Crippen molar-refractivity contribution in [2.24, 2.45) is 5.10 Å². The van der Waals surface area contributed by atoms with Gasteiger partial charge in [-0.2, -0.15) is 5.10 Å². The molecule has 0 saturated heterocycles. The third-order valence-corrected chi connectivity index (χ3v) is 3.25. The van der Waals surface area contributed by atoms with Gasteiger partial charge in [-0.15, -0.1) is 0 Å². The molecular formula is C16H15ClN2O4. The molecule has 0 aromatic heterocycles. The summed E-state index contributed by atoms with van der Waals surface area (Å²) in [5, 5.41) is 13.4. The lowest BCUT2D eigenvalue weighted by molar-refractivity contribution is 0.0955. The first-order valence-electron chi connectivity index (χ1n) is 6.59. The van der Waals surface area contributed by atoms with E-state index < -0.39 is 5.91 Å². The largest absolute Gasteiger partial charge is 0.508 e. The van der Waals surface area contributed by atoms with Crippen LogP contribution < -0.4 is 14.9 Å². The first-order chi connectivity index (χ1) is 11.0. The fraction of sp³-hybridized carbons (Fsp3) is 0.125. The number of phenolic OH excluding ortho intramolecular Hbond substituents is 1. The molecular weight excluding hydrogens is 320 g/mol. The Bertz CT molecular complexity index is 730. The summed E-state index contributed by atoms with van der Waals surface area (Å²) in [6.45, 7) is 0.